The van der Waals surface area contributed by atoms with Crippen molar-refractivity contribution < 1.29 is 9.18 Å². The van der Waals surface area contributed by atoms with Crippen LogP contribution in [0.3, 0.4) is 0 Å². The van der Waals surface area contributed by atoms with E-state index in [1.165, 1.54) is 27.5 Å². The number of aromatic nitrogens is 5. The number of H-pyrrole nitrogens is 1. The number of carbonyl (C=O) groups is 1. The molecule has 0 bridgehead atoms. The summed E-state index contributed by atoms with van der Waals surface area (Å²) in [7, 11) is 0. The first-order valence-corrected chi connectivity index (χ1v) is 9.94. The van der Waals surface area contributed by atoms with Gasteiger partial charge in [0.15, 0.2) is 0 Å². The van der Waals surface area contributed by atoms with Gasteiger partial charge in [0.1, 0.15) is 11.3 Å². The lowest BCUT2D eigenvalue weighted by Gasteiger charge is -2.36. The Labute approximate surface area is 176 Å². The van der Waals surface area contributed by atoms with Gasteiger partial charge in [0.2, 0.25) is 5.95 Å². The zero-order valence-corrected chi connectivity index (χ0v) is 16.8. The van der Waals surface area contributed by atoms with Gasteiger partial charge >= 0.3 is 0 Å². The van der Waals surface area contributed by atoms with E-state index in [1.54, 1.807) is 42.3 Å². The summed E-state index contributed by atoms with van der Waals surface area (Å²) in [4.78, 5) is 32.0. The third-order valence-electron chi connectivity index (χ3n) is 5.59. The molecule has 1 saturated heterocycles. The van der Waals surface area contributed by atoms with Crippen LogP contribution in [0.25, 0.3) is 11.5 Å². The zero-order chi connectivity index (χ0) is 21.5. The summed E-state index contributed by atoms with van der Waals surface area (Å²) in [5, 5.41) is 8.65. The van der Waals surface area contributed by atoms with Gasteiger partial charge in [0.05, 0.1) is 17.5 Å². The number of carbonyl (C=O) groups excluding carboxylic acids is 1. The third kappa shape index (κ3) is 3.35. The standard InChI is InChI=1S/C21H20FN7O2/c1-14-17(13-23-29(14)21-24-19(30)18-3-2-8-28(18)25-21)20(31)27-11-9-26(10-12-27)16-6-4-15(22)5-7-16/h2-8,13H,9-12H2,1H3,(H,24,25,30). The Balaban J connectivity index is 1.34. The van der Waals surface area contributed by atoms with Crippen molar-refractivity contribution in [3.63, 3.8) is 0 Å². The summed E-state index contributed by atoms with van der Waals surface area (Å²) in [5.74, 6) is -0.143. The molecule has 0 aliphatic carbocycles. The number of piperazine rings is 1. The average molecular weight is 421 g/mol. The predicted octanol–water partition coefficient (Wildman–Crippen LogP) is 1.62. The number of hydrogen-bond acceptors (Lipinski definition) is 5. The van der Waals surface area contributed by atoms with Gasteiger partial charge in [-0.1, -0.05) is 0 Å². The van der Waals surface area contributed by atoms with Gasteiger partial charge in [0.25, 0.3) is 11.5 Å². The molecule has 10 heteroatoms. The molecule has 31 heavy (non-hydrogen) atoms. The van der Waals surface area contributed by atoms with Crippen LogP contribution >= 0.6 is 0 Å². The van der Waals surface area contributed by atoms with Gasteiger partial charge in [-0.25, -0.2) is 13.6 Å². The van der Waals surface area contributed by atoms with E-state index >= 15 is 0 Å². The monoisotopic (exact) mass is 421 g/mol. The van der Waals surface area contributed by atoms with Gasteiger partial charge in [-0.05, 0) is 43.3 Å². The molecule has 0 unspecified atom stereocenters. The number of aromatic amines is 1. The third-order valence-corrected chi connectivity index (χ3v) is 5.59. The summed E-state index contributed by atoms with van der Waals surface area (Å²) >= 11 is 0. The van der Waals surface area contributed by atoms with Crippen molar-refractivity contribution in [1.82, 2.24) is 29.3 Å². The summed E-state index contributed by atoms with van der Waals surface area (Å²) in [5.41, 5.74) is 2.15. The molecular formula is C21H20FN7O2. The highest BCUT2D eigenvalue weighted by molar-refractivity contribution is 5.95. The smallest absolute Gasteiger partial charge is 0.276 e. The van der Waals surface area contributed by atoms with E-state index in [0.29, 0.717) is 43.0 Å². The molecule has 9 nitrogen and oxygen atoms in total. The van der Waals surface area contributed by atoms with E-state index in [2.05, 4.69) is 20.1 Å². The quantitative estimate of drug-likeness (QED) is 0.543. The van der Waals surface area contributed by atoms with Crippen molar-refractivity contribution in [1.29, 1.82) is 0 Å². The summed E-state index contributed by atoms with van der Waals surface area (Å²) < 4.78 is 16.1. The minimum Gasteiger partial charge on any atom is -0.368 e. The molecule has 0 spiro atoms. The SMILES string of the molecule is Cc1c(C(=O)N2CCN(c3ccc(F)cc3)CC2)cnn1-c1nn2cccc2c(=O)[nH]1. The predicted molar refractivity (Wildman–Crippen MR) is 112 cm³/mol. The lowest BCUT2D eigenvalue weighted by molar-refractivity contribution is 0.0746. The second-order valence-corrected chi connectivity index (χ2v) is 7.43. The van der Waals surface area contributed by atoms with Crippen LogP contribution < -0.4 is 10.5 Å². The van der Waals surface area contributed by atoms with E-state index < -0.39 is 0 Å². The fourth-order valence-electron chi connectivity index (χ4n) is 3.85. The van der Waals surface area contributed by atoms with Gasteiger partial charge in [0, 0.05) is 38.1 Å². The molecule has 0 saturated carbocycles. The van der Waals surface area contributed by atoms with E-state index in [9.17, 15) is 14.0 Å². The Hall–Kier alpha value is -3.95. The molecule has 0 atom stereocenters. The van der Waals surface area contributed by atoms with Crippen molar-refractivity contribution in [3.05, 3.63) is 76.2 Å². The Morgan fingerprint density at radius 1 is 1.10 bits per heavy atom. The molecule has 0 radical (unpaired) electrons. The largest absolute Gasteiger partial charge is 0.368 e. The first-order chi connectivity index (χ1) is 15.0. The fraction of sp³-hybridized carbons (Fsp3) is 0.238. The van der Waals surface area contributed by atoms with Crippen LogP contribution in [0.5, 0.6) is 0 Å². The minimum atomic E-state index is -0.283. The molecule has 1 fully saturated rings. The second kappa shape index (κ2) is 7.38. The average Bonchev–Trinajstić information content (AvgIpc) is 3.41. The van der Waals surface area contributed by atoms with Crippen LogP contribution in [0, 0.1) is 12.7 Å². The highest BCUT2D eigenvalue weighted by Crippen LogP contribution is 2.19. The molecule has 1 aromatic carbocycles. The van der Waals surface area contributed by atoms with Crippen LogP contribution in [0.15, 0.2) is 53.6 Å². The van der Waals surface area contributed by atoms with Gasteiger partial charge in [-0.2, -0.15) is 5.10 Å². The highest BCUT2D eigenvalue weighted by atomic mass is 19.1. The van der Waals surface area contributed by atoms with Crippen LogP contribution in [0.2, 0.25) is 0 Å². The molecule has 4 heterocycles. The Morgan fingerprint density at radius 3 is 2.58 bits per heavy atom. The van der Waals surface area contributed by atoms with Crippen LogP contribution in [-0.4, -0.2) is 61.4 Å². The van der Waals surface area contributed by atoms with Crippen molar-refractivity contribution in [2.24, 2.45) is 0 Å². The Kier molecular flexibility index (Phi) is 4.54. The van der Waals surface area contributed by atoms with Crippen molar-refractivity contribution in [2.75, 3.05) is 31.1 Å². The highest BCUT2D eigenvalue weighted by Gasteiger charge is 2.25. The van der Waals surface area contributed by atoms with Crippen LogP contribution in [0.4, 0.5) is 10.1 Å². The van der Waals surface area contributed by atoms with Crippen LogP contribution in [0.1, 0.15) is 16.1 Å². The number of nitrogens with one attached hydrogen (secondary N) is 1. The van der Waals surface area contributed by atoms with E-state index in [0.717, 1.165) is 5.69 Å². The number of nitrogens with zero attached hydrogens (tertiary/aromatic N) is 6. The Morgan fingerprint density at radius 2 is 1.84 bits per heavy atom. The first kappa shape index (κ1) is 19.0. The van der Waals surface area contributed by atoms with Gasteiger partial charge in [-0.15, -0.1) is 5.10 Å². The summed E-state index contributed by atoms with van der Waals surface area (Å²) in [6, 6.07) is 9.78. The van der Waals surface area contributed by atoms with Gasteiger partial charge < -0.3 is 9.80 Å². The molecule has 5 rings (SSSR count). The molecule has 1 aliphatic heterocycles. The molecule has 158 valence electrons. The molecular weight excluding hydrogens is 401 g/mol. The summed E-state index contributed by atoms with van der Waals surface area (Å²) in [6.07, 6.45) is 3.18. The molecule has 3 aromatic heterocycles. The van der Waals surface area contributed by atoms with Gasteiger partial charge in [-0.3, -0.25) is 14.6 Å². The first-order valence-electron chi connectivity index (χ1n) is 9.94. The van der Waals surface area contributed by atoms with Crippen molar-refractivity contribution >= 4 is 17.1 Å². The molecule has 1 N–H and O–H groups in total. The fourth-order valence-corrected chi connectivity index (χ4v) is 3.85. The zero-order valence-electron chi connectivity index (χ0n) is 16.8. The molecule has 1 aliphatic rings. The maximum atomic E-state index is 13.1. The second-order valence-electron chi connectivity index (χ2n) is 7.43. The normalized spacial score (nSPS) is 14.4. The number of amides is 1. The van der Waals surface area contributed by atoms with E-state index in [4.69, 9.17) is 0 Å². The van der Waals surface area contributed by atoms with E-state index in [1.807, 2.05) is 0 Å². The molecule has 4 aromatic rings. The number of hydrogen-bond donors (Lipinski definition) is 1. The summed E-state index contributed by atoms with van der Waals surface area (Å²) in [6.45, 7) is 4.18. The topological polar surface area (TPSA) is 91.5 Å². The number of fused-ring (bicyclic) bond motifs is 1. The Bertz CT molecular complexity index is 1310. The van der Waals surface area contributed by atoms with E-state index in [-0.39, 0.29) is 23.2 Å². The van der Waals surface area contributed by atoms with Crippen molar-refractivity contribution in [3.8, 4) is 5.95 Å². The number of benzene rings is 1. The number of rotatable bonds is 3. The lowest BCUT2D eigenvalue weighted by atomic mass is 10.2. The molecule has 1 amide bonds. The maximum absolute atomic E-state index is 13.1. The van der Waals surface area contributed by atoms with Crippen LogP contribution in [-0.2, 0) is 0 Å². The van der Waals surface area contributed by atoms with Crippen molar-refractivity contribution in [2.45, 2.75) is 6.92 Å². The number of halogens is 1. The lowest BCUT2D eigenvalue weighted by Crippen LogP contribution is -2.48. The minimum absolute atomic E-state index is 0.119. The maximum Gasteiger partial charge on any atom is 0.276 e. The number of anilines is 1.